The molecule has 0 aliphatic heterocycles. The van der Waals surface area contributed by atoms with Gasteiger partial charge in [0.05, 0.1) is 24.1 Å². The number of aromatic carboxylic acids is 1. The van der Waals surface area contributed by atoms with Gasteiger partial charge in [0.15, 0.2) is 0 Å². The zero-order chi connectivity index (χ0) is 15.3. The summed E-state index contributed by atoms with van der Waals surface area (Å²) in [6.45, 7) is 0.105. The Balaban J connectivity index is 2.84. The van der Waals surface area contributed by atoms with Crippen LogP contribution in [0.15, 0.2) is 18.2 Å². The average molecular weight is 302 g/mol. The van der Waals surface area contributed by atoms with Gasteiger partial charge in [0, 0.05) is 26.7 Å². The standard InChI is InChI=1S/C12H18N2O5S/c1-14(2)20(17,18)7-6-13-11-8-9(19-3)4-5-10(11)12(15)16/h4-5,8,13H,6-7H2,1-3H3,(H,15,16). The molecule has 0 aromatic heterocycles. The molecule has 0 atom stereocenters. The summed E-state index contributed by atoms with van der Waals surface area (Å²) in [6.07, 6.45) is 0. The molecule has 1 aromatic rings. The molecular weight excluding hydrogens is 284 g/mol. The summed E-state index contributed by atoms with van der Waals surface area (Å²) < 4.78 is 29.4. The van der Waals surface area contributed by atoms with Gasteiger partial charge in [0.1, 0.15) is 5.75 Å². The van der Waals surface area contributed by atoms with Crippen LogP contribution in [0.2, 0.25) is 0 Å². The highest BCUT2D eigenvalue weighted by atomic mass is 32.2. The summed E-state index contributed by atoms with van der Waals surface area (Å²) in [6, 6.07) is 4.46. The van der Waals surface area contributed by atoms with Crippen molar-refractivity contribution in [2.24, 2.45) is 0 Å². The van der Waals surface area contributed by atoms with E-state index in [0.29, 0.717) is 11.4 Å². The van der Waals surface area contributed by atoms with Crippen molar-refractivity contribution >= 4 is 21.7 Å². The third kappa shape index (κ3) is 4.10. The quantitative estimate of drug-likeness (QED) is 0.769. The number of benzene rings is 1. The maximum absolute atomic E-state index is 11.6. The lowest BCUT2D eigenvalue weighted by Crippen LogP contribution is -2.28. The summed E-state index contributed by atoms with van der Waals surface area (Å²) in [4.78, 5) is 11.1. The molecule has 2 N–H and O–H groups in total. The molecule has 0 amide bonds. The summed E-state index contributed by atoms with van der Waals surface area (Å²) >= 11 is 0. The van der Waals surface area contributed by atoms with E-state index in [4.69, 9.17) is 9.84 Å². The van der Waals surface area contributed by atoms with E-state index in [2.05, 4.69) is 5.32 Å². The molecule has 0 fully saturated rings. The maximum atomic E-state index is 11.6. The molecule has 0 bridgehead atoms. The van der Waals surface area contributed by atoms with Gasteiger partial charge in [-0.1, -0.05) is 0 Å². The van der Waals surface area contributed by atoms with Crippen LogP contribution < -0.4 is 10.1 Å². The second-order valence-electron chi connectivity index (χ2n) is 4.24. The van der Waals surface area contributed by atoms with Gasteiger partial charge >= 0.3 is 5.97 Å². The minimum Gasteiger partial charge on any atom is -0.497 e. The molecule has 0 aliphatic rings. The number of sulfonamides is 1. The third-order valence-corrected chi connectivity index (χ3v) is 4.52. The van der Waals surface area contributed by atoms with Crippen molar-refractivity contribution in [1.29, 1.82) is 0 Å². The molecule has 0 saturated carbocycles. The summed E-state index contributed by atoms with van der Waals surface area (Å²) in [5.74, 6) is -0.727. The van der Waals surface area contributed by atoms with Crippen molar-refractivity contribution in [3.8, 4) is 5.75 Å². The van der Waals surface area contributed by atoms with Crippen LogP contribution in [0.5, 0.6) is 5.75 Å². The number of rotatable bonds is 7. The highest BCUT2D eigenvalue weighted by molar-refractivity contribution is 7.89. The second-order valence-corrected chi connectivity index (χ2v) is 6.54. The monoisotopic (exact) mass is 302 g/mol. The Morgan fingerprint density at radius 1 is 1.40 bits per heavy atom. The molecule has 0 spiro atoms. The Kier molecular flexibility index (Phi) is 5.34. The van der Waals surface area contributed by atoms with E-state index in [1.165, 1.54) is 39.4 Å². The predicted molar refractivity (Wildman–Crippen MR) is 75.9 cm³/mol. The van der Waals surface area contributed by atoms with Crippen LogP contribution in [-0.2, 0) is 10.0 Å². The number of hydrogen-bond donors (Lipinski definition) is 2. The minimum absolute atomic E-state index is 0.0630. The zero-order valence-corrected chi connectivity index (χ0v) is 12.4. The van der Waals surface area contributed by atoms with Gasteiger partial charge < -0.3 is 15.2 Å². The third-order valence-electron chi connectivity index (χ3n) is 2.69. The Morgan fingerprint density at radius 3 is 2.55 bits per heavy atom. The predicted octanol–water partition coefficient (Wildman–Crippen LogP) is 0.697. The number of nitrogens with one attached hydrogen (secondary N) is 1. The van der Waals surface area contributed by atoms with Gasteiger partial charge in [0.25, 0.3) is 0 Å². The van der Waals surface area contributed by atoms with Crippen molar-refractivity contribution in [3.05, 3.63) is 23.8 Å². The van der Waals surface area contributed by atoms with Crippen molar-refractivity contribution in [1.82, 2.24) is 4.31 Å². The van der Waals surface area contributed by atoms with E-state index in [9.17, 15) is 13.2 Å². The molecule has 0 aliphatic carbocycles. The smallest absolute Gasteiger partial charge is 0.337 e. The molecule has 0 unspecified atom stereocenters. The molecule has 1 rings (SSSR count). The number of anilines is 1. The molecule has 20 heavy (non-hydrogen) atoms. The fraction of sp³-hybridized carbons (Fsp3) is 0.417. The van der Waals surface area contributed by atoms with Gasteiger partial charge in [-0.05, 0) is 12.1 Å². The first-order valence-corrected chi connectivity index (χ1v) is 7.44. The highest BCUT2D eigenvalue weighted by Crippen LogP contribution is 2.22. The van der Waals surface area contributed by atoms with Gasteiger partial charge in [-0.15, -0.1) is 0 Å². The molecule has 0 saturated heterocycles. The first kappa shape index (κ1) is 16.3. The number of methoxy groups -OCH3 is 1. The van der Waals surface area contributed by atoms with Crippen LogP contribution in [0, 0.1) is 0 Å². The number of nitrogens with zero attached hydrogens (tertiary/aromatic N) is 1. The number of ether oxygens (including phenoxy) is 1. The first-order valence-electron chi connectivity index (χ1n) is 5.83. The van der Waals surface area contributed by atoms with Crippen LogP contribution >= 0.6 is 0 Å². The van der Waals surface area contributed by atoms with Gasteiger partial charge in [0.2, 0.25) is 10.0 Å². The Hall–Kier alpha value is -1.80. The van der Waals surface area contributed by atoms with E-state index in [1.54, 1.807) is 0 Å². The van der Waals surface area contributed by atoms with Crippen molar-refractivity contribution in [2.75, 3.05) is 38.8 Å². The van der Waals surface area contributed by atoms with Gasteiger partial charge in [-0.25, -0.2) is 17.5 Å². The number of hydrogen-bond acceptors (Lipinski definition) is 5. The molecule has 7 nitrogen and oxygen atoms in total. The molecule has 0 radical (unpaired) electrons. The Bertz CT molecular complexity index is 584. The molecule has 8 heteroatoms. The summed E-state index contributed by atoms with van der Waals surface area (Å²) in [5.41, 5.74) is 0.388. The maximum Gasteiger partial charge on any atom is 0.337 e. The molecular formula is C12H18N2O5S. The average Bonchev–Trinajstić information content (AvgIpc) is 2.37. The lowest BCUT2D eigenvalue weighted by Gasteiger charge is -2.14. The van der Waals surface area contributed by atoms with Crippen molar-refractivity contribution in [3.63, 3.8) is 0 Å². The largest absolute Gasteiger partial charge is 0.497 e. The lowest BCUT2D eigenvalue weighted by molar-refractivity contribution is 0.0698. The highest BCUT2D eigenvalue weighted by Gasteiger charge is 2.15. The summed E-state index contributed by atoms with van der Waals surface area (Å²) in [7, 11) is 1.04. The van der Waals surface area contributed by atoms with Gasteiger partial charge in [-0.2, -0.15) is 0 Å². The first-order chi connectivity index (χ1) is 9.27. The van der Waals surface area contributed by atoms with Crippen molar-refractivity contribution < 1.29 is 23.1 Å². The number of carboxylic acid groups (broad SMARTS) is 1. The number of carbonyl (C=O) groups is 1. The molecule has 112 valence electrons. The normalized spacial score (nSPS) is 11.4. The van der Waals surface area contributed by atoms with Crippen LogP contribution in [0.1, 0.15) is 10.4 Å². The van der Waals surface area contributed by atoms with Crippen LogP contribution in [0.3, 0.4) is 0 Å². The van der Waals surface area contributed by atoms with E-state index < -0.39 is 16.0 Å². The topological polar surface area (TPSA) is 95.9 Å². The van der Waals surface area contributed by atoms with E-state index in [-0.39, 0.29) is 17.9 Å². The van der Waals surface area contributed by atoms with Crippen LogP contribution in [0.4, 0.5) is 5.69 Å². The van der Waals surface area contributed by atoms with Crippen LogP contribution in [0.25, 0.3) is 0 Å². The Morgan fingerprint density at radius 2 is 2.05 bits per heavy atom. The molecule has 0 heterocycles. The SMILES string of the molecule is COc1ccc(C(=O)O)c(NCCS(=O)(=O)N(C)C)c1. The zero-order valence-electron chi connectivity index (χ0n) is 11.6. The van der Waals surface area contributed by atoms with Crippen molar-refractivity contribution in [2.45, 2.75) is 0 Å². The van der Waals surface area contributed by atoms with E-state index in [0.717, 1.165) is 4.31 Å². The lowest BCUT2D eigenvalue weighted by atomic mass is 10.1. The fourth-order valence-corrected chi connectivity index (χ4v) is 2.21. The van der Waals surface area contributed by atoms with Crippen LogP contribution in [-0.4, -0.2) is 57.3 Å². The van der Waals surface area contributed by atoms with E-state index in [1.807, 2.05) is 0 Å². The summed E-state index contributed by atoms with van der Waals surface area (Å²) in [5, 5.41) is 11.9. The molecule has 1 aromatic carbocycles. The van der Waals surface area contributed by atoms with Gasteiger partial charge in [-0.3, -0.25) is 0 Å². The second kappa shape index (κ2) is 6.58. The Labute approximate surface area is 118 Å². The van der Waals surface area contributed by atoms with E-state index >= 15 is 0 Å². The number of carboxylic acids is 1. The fourth-order valence-electron chi connectivity index (χ4n) is 1.48. The minimum atomic E-state index is -3.32.